The van der Waals surface area contributed by atoms with Crippen LogP contribution in [0, 0.1) is 0 Å². The molecule has 1 aliphatic heterocycles. The zero-order chi connectivity index (χ0) is 16.9. The first kappa shape index (κ1) is 16.0. The van der Waals surface area contributed by atoms with Crippen molar-refractivity contribution >= 4 is 27.0 Å². The first-order valence-corrected chi connectivity index (χ1v) is 8.08. The molecule has 2 aromatic rings. The van der Waals surface area contributed by atoms with Gasteiger partial charge in [-0.25, -0.2) is 13.6 Å². The van der Waals surface area contributed by atoms with E-state index in [1.54, 1.807) is 0 Å². The van der Waals surface area contributed by atoms with Crippen LogP contribution in [0.1, 0.15) is 6.23 Å². The lowest BCUT2D eigenvalue weighted by atomic mass is 10.1. The highest BCUT2D eigenvalue weighted by Crippen LogP contribution is 2.33. The van der Waals surface area contributed by atoms with Crippen LogP contribution in [0.2, 0.25) is 0 Å². The highest BCUT2D eigenvalue weighted by molar-refractivity contribution is 7.89. The highest BCUT2D eigenvalue weighted by atomic mass is 32.2. The van der Waals surface area contributed by atoms with E-state index in [1.807, 2.05) is 0 Å². The van der Waals surface area contributed by atoms with Gasteiger partial charge in [0.25, 0.3) is 10.0 Å². The monoisotopic (exact) mass is 345 g/mol. The third-order valence-electron chi connectivity index (χ3n) is 3.62. The number of nitrogens with zero attached hydrogens (tertiary/aromatic N) is 3. The molecule has 4 atom stereocenters. The quantitative estimate of drug-likeness (QED) is 0.368. The van der Waals surface area contributed by atoms with Crippen LogP contribution < -0.4 is 10.9 Å². The summed E-state index contributed by atoms with van der Waals surface area (Å²) in [4.78, 5) is 7.56. The van der Waals surface area contributed by atoms with Gasteiger partial charge in [0.05, 0.1) is 12.0 Å². The molecule has 12 heteroatoms. The summed E-state index contributed by atoms with van der Waals surface area (Å²) in [7, 11) is -4.14. The number of fused-ring (bicyclic) bond motifs is 1. The summed E-state index contributed by atoms with van der Waals surface area (Å²) in [6.07, 6.45) is -3.32. The van der Waals surface area contributed by atoms with Gasteiger partial charge in [0.1, 0.15) is 24.0 Å². The fraction of sp³-hybridized carbons (Fsp3) is 0.455. The zero-order valence-corrected chi connectivity index (χ0v) is 12.5. The van der Waals surface area contributed by atoms with E-state index in [4.69, 9.17) is 20.7 Å². The Morgan fingerprint density at radius 1 is 1.30 bits per heavy atom. The fourth-order valence-corrected chi connectivity index (χ4v) is 3.24. The number of aromatic nitrogens is 3. The summed E-state index contributed by atoms with van der Waals surface area (Å²) < 4.78 is 29.9. The van der Waals surface area contributed by atoms with Gasteiger partial charge in [0.15, 0.2) is 11.3 Å². The number of hydrogen-bond acceptors (Lipinski definition) is 9. The number of nitrogens with two attached hydrogens (primary N) is 2. The molecule has 7 N–H and O–H groups in total. The minimum absolute atomic E-state index is 0.0661. The summed E-state index contributed by atoms with van der Waals surface area (Å²) in [6.45, 7) is -0.493. The smallest absolute Gasteiger partial charge is 0.256 e. The van der Waals surface area contributed by atoms with Gasteiger partial charge in [-0.2, -0.15) is 9.97 Å². The largest absolute Gasteiger partial charge is 0.394 e. The average molecular weight is 345 g/mol. The van der Waals surface area contributed by atoms with Gasteiger partial charge >= 0.3 is 0 Å². The van der Waals surface area contributed by atoms with Crippen molar-refractivity contribution in [3.05, 3.63) is 12.3 Å². The molecule has 23 heavy (non-hydrogen) atoms. The second kappa shape index (κ2) is 5.36. The molecule has 1 saturated heterocycles. The van der Waals surface area contributed by atoms with E-state index in [-0.39, 0.29) is 17.0 Å². The highest BCUT2D eigenvalue weighted by Gasteiger charge is 2.43. The normalized spacial score (nSPS) is 28.5. The lowest BCUT2D eigenvalue weighted by Gasteiger charge is -2.17. The molecule has 2 aromatic heterocycles. The van der Waals surface area contributed by atoms with Crippen molar-refractivity contribution in [2.75, 3.05) is 12.3 Å². The van der Waals surface area contributed by atoms with Gasteiger partial charge in [0.2, 0.25) is 5.95 Å². The maximum Gasteiger partial charge on any atom is 0.256 e. The lowest BCUT2D eigenvalue weighted by Crippen LogP contribution is -2.33. The van der Waals surface area contributed by atoms with Gasteiger partial charge < -0.3 is 30.4 Å². The van der Waals surface area contributed by atoms with Crippen molar-refractivity contribution in [2.45, 2.75) is 29.6 Å². The molecule has 3 rings (SSSR count). The van der Waals surface area contributed by atoms with Crippen LogP contribution in [0.15, 0.2) is 17.3 Å². The summed E-state index contributed by atoms with van der Waals surface area (Å²) in [5.74, 6) is -0.326. The topological polar surface area (TPSA) is 187 Å². The summed E-state index contributed by atoms with van der Waals surface area (Å²) in [5.41, 5.74) is 5.58. The van der Waals surface area contributed by atoms with E-state index in [2.05, 4.69) is 9.97 Å². The Kier molecular flexibility index (Phi) is 3.74. The van der Waals surface area contributed by atoms with Crippen LogP contribution in [0.25, 0.3) is 11.0 Å². The van der Waals surface area contributed by atoms with Crippen LogP contribution in [0.4, 0.5) is 5.95 Å². The van der Waals surface area contributed by atoms with E-state index in [9.17, 15) is 18.6 Å². The number of sulfonamides is 1. The first-order valence-electron chi connectivity index (χ1n) is 6.53. The van der Waals surface area contributed by atoms with Crippen LogP contribution in [-0.2, 0) is 14.8 Å². The van der Waals surface area contributed by atoms with Gasteiger partial charge in [0, 0.05) is 6.20 Å². The molecule has 11 nitrogen and oxygen atoms in total. The van der Waals surface area contributed by atoms with E-state index in [0.717, 1.165) is 0 Å². The lowest BCUT2D eigenvalue weighted by molar-refractivity contribution is -0.0508. The number of rotatable bonds is 3. The minimum atomic E-state index is -4.14. The van der Waals surface area contributed by atoms with Gasteiger partial charge in [-0.1, -0.05) is 0 Å². The van der Waals surface area contributed by atoms with Gasteiger partial charge in [-0.05, 0) is 6.07 Å². The van der Waals surface area contributed by atoms with Crippen molar-refractivity contribution in [1.82, 2.24) is 14.5 Å². The molecule has 0 amide bonds. The van der Waals surface area contributed by atoms with E-state index >= 15 is 0 Å². The average Bonchev–Trinajstić information content (AvgIpc) is 3.00. The molecule has 0 spiro atoms. The van der Waals surface area contributed by atoms with E-state index in [1.165, 1.54) is 16.8 Å². The Hall–Kier alpha value is -1.83. The second-order valence-electron chi connectivity index (χ2n) is 5.12. The summed E-state index contributed by atoms with van der Waals surface area (Å²) in [6, 6.07) is 1.38. The van der Waals surface area contributed by atoms with Crippen molar-refractivity contribution < 1.29 is 28.5 Å². The molecule has 0 bridgehead atoms. The van der Waals surface area contributed by atoms with Crippen LogP contribution in [-0.4, -0.2) is 63.2 Å². The first-order chi connectivity index (χ1) is 10.7. The van der Waals surface area contributed by atoms with Crippen molar-refractivity contribution in [1.29, 1.82) is 0 Å². The molecule has 0 aliphatic carbocycles. The Morgan fingerprint density at radius 2 is 2.00 bits per heavy atom. The molecule has 1 unspecified atom stereocenters. The molecular formula is C11H15N5O6S. The number of aliphatic hydroxyl groups is 3. The van der Waals surface area contributed by atoms with Crippen molar-refractivity contribution in [2.24, 2.45) is 5.14 Å². The summed E-state index contributed by atoms with van der Waals surface area (Å²) in [5, 5.41) is 33.8. The van der Waals surface area contributed by atoms with Gasteiger partial charge in [-0.15, -0.1) is 0 Å². The SMILES string of the molecule is Nc1nc(S(N)(=O)=O)c2ccn(C3O[C@H](CO)[C@@H](O)[C@H]3O)c2n1. The third-order valence-corrected chi connectivity index (χ3v) is 4.47. The molecule has 0 aromatic carbocycles. The molecule has 1 aliphatic rings. The number of hydrogen-bond donors (Lipinski definition) is 5. The predicted molar refractivity (Wildman–Crippen MR) is 76.3 cm³/mol. The third kappa shape index (κ3) is 2.54. The second-order valence-corrected chi connectivity index (χ2v) is 6.60. The number of anilines is 1. The van der Waals surface area contributed by atoms with E-state index in [0.29, 0.717) is 0 Å². The number of primary sulfonamides is 1. The molecular weight excluding hydrogens is 330 g/mol. The van der Waals surface area contributed by atoms with Crippen LogP contribution >= 0.6 is 0 Å². The Labute approximate surface area is 130 Å². The zero-order valence-electron chi connectivity index (χ0n) is 11.6. The number of ether oxygens (including phenoxy) is 1. The molecule has 3 heterocycles. The predicted octanol–water partition coefficient (Wildman–Crippen LogP) is -2.73. The Balaban J connectivity index is 2.16. The maximum absolute atomic E-state index is 11.6. The molecule has 1 fully saturated rings. The van der Waals surface area contributed by atoms with Crippen LogP contribution in [0.3, 0.4) is 0 Å². The minimum Gasteiger partial charge on any atom is -0.394 e. The molecule has 0 radical (unpaired) electrons. The number of nitrogen functional groups attached to an aromatic ring is 1. The Bertz CT molecular complexity index is 852. The molecule has 0 saturated carbocycles. The Morgan fingerprint density at radius 3 is 2.57 bits per heavy atom. The standard InChI is InChI=1S/C11H15N5O6S/c12-11-14-8-4(9(15-11)23(13,20)21)1-2-16(8)10-7(19)6(18)5(3-17)22-10/h1-2,5-7,10,17-19H,3H2,(H2,12,14,15)(H2,13,20,21)/t5-,6-,7-,10?/m1/s1. The van der Waals surface area contributed by atoms with Crippen molar-refractivity contribution in [3.8, 4) is 0 Å². The maximum atomic E-state index is 11.6. The number of aliphatic hydroxyl groups excluding tert-OH is 3. The fourth-order valence-electron chi connectivity index (χ4n) is 2.55. The van der Waals surface area contributed by atoms with E-state index < -0.39 is 46.2 Å². The van der Waals surface area contributed by atoms with Gasteiger partial charge in [-0.3, -0.25) is 0 Å². The van der Waals surface area contributed by atoms with Crippen molar-refractivity contribution in [3.63, 3.8) is 0 Å². The summed E-state index contributed by atoms with van der Waals surface area (Å²) >= 11 is 0. The van der Waals surface area contributed by atoms with Crippen LogP contribution in [0.5, 0.6) is 0 Å². The molecule has 126 valence electrons.